The number of amides is 1. The van der Waals surface area contributed by atoms with Crippen LogP contribution in [0.2, 0.25) is 5.02 Å². The van der Waals surface area contributed by atoms with E-state index in [1.165, 1.54) is 20.5 Å². The highest BCUT2D eigenvalue weighted by atomic mass is 35.5. The highest BCUT2D eigenvalue weighted by molar-refractivity contribution is 7.92. The van der Waals surface area contributed by atoms with Gasteiger partial charge in [-0.2, -0.15) is 18.4 Å². The van der Waals surface area contributed by atoms with Gasteiger partial charge >= 0.3 is 13.0 Å². The first kappa shape index (κ1) is 24.7. The van der Waals surface area contributed by atoms with Gasteiger partial charge in [0, 0.05) is 5.56 Å². The summed E-state index contributed by atoms with van der Waals surface area (Å²) in [5.41, 5.74) is -6.19. The summed E-state index contributed by atoms with van der Waals surface area (Å²) in [5.74, 6) is -1.30. The molecule has 8 nitrogen and oxygen atoms in total. The van der Waals surface area contributed by atoms with Crippen LogP contribution >= 0.6 is 11.6 Å². The molecule has 1 radical (unpaired) electrons. The van der Waals surface area contributed by atoms with Crippen LogP contribution in [-0.4, -0.2) is 44.6 Å². The van der Waals surface area contributed by atoms with Crippen molar-refractivity contribution in [2.24, 2.45) is 0 Å². The van der Waals surface area contributed by atoms with Crippen molar-refractivity contribution in [1.29, 1.82) is 5.26 Å². The second-order valence-electron chi connectivity index (χ2n) is 7.20. The molecule has 1 aliphatic heterocycles. The van der Waals surface area contributed by atoms with Gasteiger partial charge in [-0.1, -0.05) is 11.6 Å². The molecule has 0 unspecified atom stereocenters. The van der Waals surface area contributed by atoms with Gasteiger partial charge in [0.2, 0.25) is 0 Å². The number of nitrogens with one attached hydrogen (secondary N) is 1. The zero-order valence-electron chi connectivity index (χ0n) is 16.7. The second-order valence-corrected chi connectivity index (χ2v) is 9.52. The van der Waals surface area contributed by atoms with Crippen LogP contribution in [0.25, 0.3) is 0 Å². The summed E-state index contributed by atoms with van der Waals surface area (Å²) in [5, 5.41) is 22.1. The van der Waals surface area contributed by atoms with Crippen LogP contribution in [0.4, 0.5) is 13.2 Å². The Morgan fingerprint density at radius 2 is 2.00 bits per heavy atom. The van der Waals surface area contributed by atoms with E-state index in [9.17, 15) is 36.8 Å². The Hall–Kier alpha value is -2.95. The van der Waals surface area contributed by atoms with Crippen LogP contribution in [0, 0.1) is 11.3 Å². The largest absolute Gasteiger partial charge is 0.504 e. The molecule has 33 heavy (non-hydrogen) atoms. The number of carbonyl (C=O) groups is 1. The second kappa shape index (κ2) is 8.77. The Morgan fingerprint density at radius 1 is 1.36 bits per heavy atom. The molecule has 0 saturated heterocycles. The summed E-state index contributed by atoms with van der Waals surface area (Å²) in [7, 11) is -4.18. The first-order valence-corrected chi connectivity index (χ1v) is 10.9. The highest BCUT2D eigenvalue weighted by Crippen LogP contribution is 2.36. The standard InChI is InChI=1S/C19H14BClF3N2O6S/c1-18(8-25,9-31-16-13(27)6-11-7-32-20-14(11)15(16)21)26-17(28)10-2-4-12(5-3-10)33(29,30)19(22,23)24/h2-6,27H,7,9H2,1H3,(H,26,28)/t18-/m0/s1. The maximum absolute atomic E-state index is 12.6. The SMILES string of the molecule is C[C@](C#N)(COc1c(O)cc2c(c1Cl)[B]OC2)NC(=O)c1ccc(S(=O)(=O)C(F)(F)F)cc1. The first-order chi connectivity index (χ1) is 15.3. The van der Waals surface area contributed by atoms with E-state index in [0.717, 1.165) is 12.1 Å². The number of nitriles is 1. The lowest BCUT2D eigenvalue weighted by Crippen LogP contribution is -2.49. The third kappa shape index (κ3) is 4.87. The summed E-state index contributed by atoms with van der Waals surface area (Å²) in [6.07, 6.45) is 0. The van der Waals surface area contributed by atoms with E-state index in [1.807, 2.05) is 6.07 Å². The molecule has 1 atom stereocenters. The van der Waals surface area contributed by atoms with Gasteiger partial charge in [0.25, 0.3) is 15.7 Å². The number of aromatic hydroxyl groups is 1. The lowest BCUT2D eigenvalue weighted by Gasteiger charge is -2.24. The zero-order valence-corrected chi connectivity index (χ0v) is 18.3. The Morgan fingerprint density at radius 3 is 2.58 bits per heavy atom. The summed E-state index contributed by atoms with van der Waals surface area (Å²) < 4.78 is 71.4. The van der Waals surface area contributed by atoms with Gasteiger partial charge in [-0.05, 0) is 48.3 Å². The van der Waals surface area contributed by atoms with Crippen LogP contribution < -0.4 is 15.5 Å². The number of phenols is 1. The Balaban J connectivity index is 1.74. The number of rotatable bonds is 6. The molecular formula is C19H14BClF3N2O6S. The van der Waals surface area contributed by atoms with E-state index in [2.05, 4.69) is 5.32 Å². The van der Waals surface area contributed by atoms with E-state index < -0.39 is 38.3 Å². The van der Waals surface area contributed by atoms with Crippen molar-refractivity contribution in [3.8, 4) is 17.6 Å². The minimum atomic E-state index is -5.56. The molecule has 0 fully saturated rings. The lowest BCUT2D eigenvalue weighted by molar-refractivity contribution is -0.0436. The molecule has 2 aromatic rings. The topological polar surface area (TPSA) is 126 Å². The average molecular weight is 502 g/mol. The van der Waals surface area contributed by atoms with Gasteiger partial charge in [-0.3, -0.25) is 4.79 Å². The fourth-order valence-corrected chi connectivity index (χ4v) is 3.92. The number of alkyl halides is 3. The summed E-state index contributed by atoms with van der Waals surface area (Å²) in [6.45, 7) is 1.07. The number of nitrogens with zero attached hydrogens (tertiary/aromatic N) is 1. The number of ether oxygens (including phenoxy) is 1. The number of benzene rings is 2. The van der Waals surface area contributed by atoms with Crippen molar-refractivity contribution in [2.45, 2.75) is 29.5 Å². The quantitative estimate of drug-likeness (QED) is 0.581. The average Bonchev–Trinajstić information content (AvgIpc) is 3.21. The van der Waals surface area contributed by atoms with Gasteiger partial charge in [-0.25, -0.2) is 8.42 Å². The minimum absolute atomic E-state index is 0.0515. The number of hydrogen-bond acceptors (Lipinski definition) is 7. The van der Waals surface area contributed by atoms with Gasteiger partial charge in [0.1, 0.15) is 6.61 Å². The molecule has 0 aliphatic carbocycles. The molecule has 0 saturated carbocycles. The number of halogens is 4. The van der Waals surface area contributed by atoms with E-state index in [1.54, 1.807) is 0 Å². The van der Waals surface area contributed by atoms with Crippen molar-refractivity contribution in [3.63, 3.8) is 0 Å². The Labute approximate surface area is 192 Å². The molecule has 1 heterocycles. The molecule has 1 aliphatic rings. The predicted octanol–water partition coefficient (Wildman–Crippen LogP) is 2.20. The van der Waals surface area contributed by atoms with Gasteiger partial charge in [-0.15, -0.1) is 0 Å². The van der Waals surface area contributed by atoms with Crippen molar-refractivity contribution in [3.05, 3.63) is 46.5 Å². The molecule has 2 aromatic carbocycles. The Bertz CT molecular complexity index is 1250. The maximum atomic E-state index is 12.6. The van der Waals surface area contributed by atoms with Crippen molar-refractivity contribution >= 4 is 40.3 Å². The van der Waals surface area contributed by atoms with E-state index in [4.69, 9.17) is 21.0 Å². The van der Waals surface area contributed by atoms with Crippen LogP contribution in [0.5, 0.6) is 11.5 Å². The molecule has 0 spiro atoms. The maximum Gasteiger partial charge on any atom is 0.501 e. The first-order valence-electron chi connectivity index (χ1n) is 9.06. The van der Waals surface area contributed by atoms with E-state index in [0.29, 0.717) is 23.2 Å². The fraction of sp³-hybridized carbons (Fsp3) is 0.263. The molecule has 1 amide bonds. The monoisotopic (exact) mass is 501 g/mol. The number of fused-ring (bicyclic) bond motifs is 1. The van der Waals surface area contributed by atoms with Crippen molar-refractivity contribution in [2.75, 3.05) is 6.61 Å². The van der Waals surface area contributed by atoms with E-state index in [-0.39, 0.29) is 28.7 Å². The van der Waals surface area contributed by atoms with Crippen molar-refractivity contribution in [1.82, 2.24) is 5.32 Å². The molecule has 3 rings (SSSR count). The molecule has 0 bridgehead atoms. The lowest BCUT2D eigenvalue weighted by atomic mass is 9.87. The third-order valence-electron chi connectivity index (χ3n) is 4.64. The van der Waals surface area contributed by atoms with Gasteiger partial charge in [0.05, 0.1) is 22.6 Å². The van der Waals surface area contributed by atoms with Gasteiger partial charge in [0.15, 0.2) is 17.0 Å². The molecule has 14 heteroatoms. The summed E-state index contributed by atoms with van der Waals surface area (Å²) >= 11 is 6.22. The summed E-state index contributed by atoms with van der Waals surface area (Å²) in [6, 6.07) is 6.26. The van der Waals surface area contributed by atoms with Crippen LogP contribution in [0.15, 0.2) is 35.2 Å². The zero-order chi connectivity index (χ0) is 24.6. The molecular weight excluding hydrogens is 488 g/mol. The van der Waals surface area contributed by atoms with Crippen LogP contribution in [0.1, 0.15) is 22.8 Å². The summed E-state index contributed by atoms with van der Waals surface area (Å²) in [4.78, 5) is 11.5. The number of phenolic OH excluding ortho intramolecular Hbond substituents is 1. The Kier molecular flexibility index (Phi) is 6.56. The smallest absolute Gasteiger partial charge is 0.501 e. The predicted molar refractivity (Wildman–Crippen MR) is 110 cm³/mol. The molecule has 2 N–H and O–H groups in total. The normalized spacial score (nSPS) is 15.0. The molecule has 173 valence electrons. The number of carbonyl (C=O) groups excluding carboxylic acids is 1. The fourth-order valence-electron chi connectivity index (χ4n) is 2.84. The van der Waals surface area contributed by atoms with Gasteiger partial charge < -0.3 is 19.8 Å². The molecule has 0 aromatic heterocycles. The van der Waals surface area contributed by atoms with Crippen LogP contribution in [0.3, 0.4) is 0 Å². The van der Waals surface area contributed by atoms with E-state index >= 15 is 0 Å². The van der Waals surface area contributed by atoms with Crippen molar-refractivity contribution < 1.29 is 40.9 Å². The highest BCUT2D eigenvalue weighted by Gasteiger charge is 2.46. The number of sulfone groups is 1. The van der Waals surface area contributed by atoms with Crippen LogP contribution in [-0.2, 0) is 21.1 Å². The third-order valence-corrected chi connectivity index (χ3v) is 6.52. The number of hydrogen-bond donors (Lipinski definition) is 2. The minimum Gasteiger partial charge on any atom is -0.504 e.